The van der Waals surface area contributed by atoms with Crippen molar-refractivity contribution in [2.45, 2.75) is 0 Å². The Labute approximate surface area is 91.0 Å². The molecule has 8 heavy (non-hydrogen) atoms. The van der Waals surface area contributed by atoms with Crippen LogP contribution in [0.4, 0.5) is 0 Å². The van der Waals surface area contributed by atoms with Gasteiger partial charge in [0.2, 0.25) is 0 Å². The van der Waals surface area contributed by atoms with Crippen LogP contribution in [0.15, 0.2) is 0 Å². The monoisotopic (exact) mass is 267 g/mol. The summed E-state index contributed by atoms with van der Waals surface area (Å²) >= 11 is 0. The second kappa shape index (κ2) is 155. The Kier molecular flexibility index (Phi) is 4240. The van der Waals surface area contributed by atoms with Gasteiger partial charge in [0.1, 0.15) is 0 Å². The van der Waals surface area contributed by atoms with Gasteiger partial charge in [0.25, 0.3) is 0 Å². The van der Waals surface area contributed by atoms with Crippen molar-refractivity contribution < 1.29 is 54.3 Å². The van der Waals surface area contributed by atoms with E-state index in [4.69, 9.17) is 0 Å². The van der Waals surface area contributed by atoms with E-state index in [0.717, 1.165) is 0 Å². The molecule has 2 nitrogen and oxygen atoms in total. The average Bonchev–Trinajstić information content (AvgIpc) is 0. The van der Waals surface area contributed by atoms with E-state index in [0.29, 0.717) is 0 Å². The fraction of sp³-hybridized carbons (Fsp3) is 0. The molecule has 0 saturated heterocycles. The van der Waals surface area contributed by atoms with Crippen LogP contribution >= 0.6 is 24.8 Å². The van der Waals surface area contributed by atoms with Gasteiger partial charge in [-0.25, -0.2) is 0 Å². The van der Waals surface area contributed by atoms with E-state index in [1.807, 2.05) is 0 Å². The zero-order valence-corrected chi connectivity index (χ0v) is 8.72. The van der Waals surface area contributed by atoms with Crippen molar-refractivity contribution in [3.63, 3.8) is 0 Å². The Morgan fingerprint density at radius 3 is 0.500 bits per heavy atom. The van der Waals surface area contributed by atoms with E-state index in [-0.39, 0.29) is 91.4 Å². The molecule has 0 spiro atoms. The number of hydrogen-bond donors (Lipinski definition) is 2. The molecule has 0 fully saturated rings. The van der Waals surface area contributed by atoms with Gasteiger partial charge in [0.05, 0.1) is 0 Å². The van der Waals surface area contributed by atoms with Gasteiger partial charge in [-0.3, -0.25) is 0 Å². The van der Waals surface area contributed by atoms with Crippen LogP contribution in [-0.4, -0.2) is 0 Å². The normalized spacial score (nSPS) is 0. The molecule has 0 aliphatic carbocycles. The Morgan fingerprint density at radius 1 is 0.500 bits per heavy atom. The molecule has 0 heterocycles. The van der Waals surface area contributed by atoms with E-state index in [1.165, 1.54) is 0 Å². The fourth-order valence-electron chi connectivity index (χ4n) is 0. The third-order valence-electron chi connectivity index (χ3n) is 0. The van der Waals surface area contributed by atoms with E-state index >= 15 is 0 Å². The number of rotatable bonds is 0. The van der Waals surface area contributed by atoms with Crippen molar-refractivity contribution in [1.82, 2.24) is 12.3 Å². The second-order valence-corrected chi connectivity index (χ2v) is 0. The molecular formula is H8Cl5FeN2. The average molecular weight is 269 g/mol. The van der Waals surface area contributed by atoms with Gasteiger partial charge in [-0.2, -0.15) is 0 Å². The van der Waals surface area contributed by atoms with Crippen molar-refractivity contribution in [2.75, 3.05) is 0 Å². The first-order valence-electron chi connectivity index (χ1n) is 0. The summed E-state index contributed by atoms with van der Waals surface area (Å²) in [6.45, 7) is 0. The zero-order valence-electron chi connectivity index (χ0n) is 3.72. The third kappa shape index (κ3) is 105. The molecule has 0 aromatic rings. The molecular weight excluding hydrogens is 261 g/mol. The molecule has 61 valence electrons. The van der Waals surface area contributed by atoms with Gasteiger partial charge in [0, 0.05) is 0 Å². The summed E-state index contributed by atoms with van der Waals surface area (Å²) in [5, 5.41) is 0. The molecule has 0 atom stereocenters. The largest absolute Gasteiger partial charge is 3.00 e. The Morgan fingerprint density at radius 2 is 0.500 bits per heavy atom. The minimum Gasteiger partial charge on any atom is -1.00 e. The van der Waals surface area contributed by atoms with Crippen LogP contribution in [-0.2, 0) is 17.1 Å². The molecule has 0 saturated carbocycles. The van der Waals surface area contributed by atoms with E-state index < -0.39 is 0 Å². The van der Waals surface area contributed by atoms with Crippen molar-refractivity contribution in [2.24, 2.45) is 0 Å². The van der Waals surface area contributed by atoms with Crippen LogP contribution in [0.3, 0.4) is 0 Å². The maximum absolute atomic E-state index is 0. The Balaban J connectivity index is 0. The summed E-state index contributed by atoms with van der Waals surface area (Å²) in [5.41, 5.74) is 0. The van der Waals surface area contributed by atoms with Gasteiger partial charge in [-0.05, 0) is 0 Å². The maximum Gasteiger partial charge on any atom is 3.00 e. The topological polar surface area (TPSA) is 70.0 Å². The van der Waals surface area contributed by atoms with Crippen molar-refractivity contribution in [3.05, 3.63) is 0 Å². The predicted molar refractivity (Wildman–Crippen MR) is 24.5 cm³/mol. The molecule has 8 heteroatoms. The smallest absolute Gasteiger partial charge is 1.00 e. The van der Waals surface area contributed by atoms with Gasteiger partial charge in [0.15, 0.2) is 0 Å². The number of hydrogen-bond acceptors (Lipinski definition) is 2. The van der Waals surface area contributed by atoms with Crippen LogP contribution < -0.4 is 49.5 Å². The SMILES string of the molecule is Cl.Cl.N.N.[Cl-].[Cl-].[Cl-].[Fe+3]. The third-order valence-corrected chi connectivity index (χ3v) is 0. The molecule has 0 aromatic heterocycles. The number of halogens is 5. The second-order valence-electron chi connectivity index (χ2n) is 0. The van der Waals surface area contributed by atoms with Gasteiger partial charge in [-0.1, -0.05) is 0 Å². The first-order valence-corrected chi connectivity index (χ1v) is 0. The van der Waals surface area contributed by atoms with Crippen molar-refractivity contribution in [3.8, 4) is 0 Å². The summed E-state index contributed by atoms with van der Waals surface area (Å²) in [7, 11) is 0. The molecule has 0 aliphatic heterocycles. The van der Waals surface area contributed by atoms with Gasteiger partial charge < -0.3 is 49.5 Å². The van der Waals surface area contributed by atoms with Gasteiger partial charge >= 0.3 is 17.1 Å². The molecule has 1 radical (unpaired) electrons. The van der Waals surface area contributed by atoms with Gasteiger partial charge in [-0.15, -0.1) is 24.8 Å². The molecule has 0 bridgehead atoms. The molecule has 0 unspecified atom stereocenters. The molecule has 0 rings (SSSR count). The zero-order chi connectivity index (χ0) is 0. The van der Waals surface area contributed by atoms with E-state index in [2.05, 4.69) is 0 Å². The molecule has 0 aromatic carbocycles. The summed E-state index contributed by atoms with van der Waals surface area (Å²) in [5.74, 6) is 0. The van der Waals surface area contributed by atoms with E-state index in [1.54, 1.807) is 0 Å². The van der Waals surface area contributed by atoms with Crippen LogP contribution in [0.1, 0.15) is 0 Å². The van der Waals surface area contributed by atoms with Crippen LogP contribution in [0.5, 0.6) is 0 Å². The Bertz CT molecular complexity index is 10.4. The first-order chi connectivity index (χ1) is 0. The van der Waals surface area contributed by atoms with Crippen molar-refractivity contribution >= 4 is 24.8 Å². The Hall–Kier alpha value is 1.89. The predicted octanol–water partition coefficient (Wildman–Crippen LogP) is -7.82. The van der Waals surface area contributed by atoms with E-state index in [9.17, 15) is 0 Å². The fourth-order valence-corrected chi connectivity index (χ4v) is 0. The summed E-state index contributed by atoms with van der Waals surface area (Å²) in [6.07, 6.45) is 0. The summed E-state index contributed by atoms with van der Waals surface area (Å²) < 4.78 is 0. The molecule has 6 N–H and O–H groups in total. The quantitative estimate of drug-likeness (QED) is 0.429. The molecule has 0 aliphatic rings. The minimum atomic E-state index is 0. The molecule has 0 amide bonds. The summed E-state index contributed by atoms with van der Waals surface area (Å²) in [6, 6.07) is 0. The van der Waals surface area contributed by atoms with Crippen molar-refractivity contribution in [1.29, 1.82) is 0 Å². The van der Waals surface area contributed by atoms with Crippen LogP contribution in [0, 0.1) is 0 Å². The maximum atomic E-state index is 0. The summed E-state index contributed by atoms with van der Waals surface area (Å²) in [4.78, 5) is 0. The minimum absolute atomic E-state index is 0. The van der Waals surface area contributed by atoms with Crippen LogP contribution in [0.2, 0.25) is 0 Å². The standard InChI is InChI=1S/5ClH.Fe.2H3N/h5*1H;;2*1H3/q;;;;;+3;;/p-3. The van der Waals surface area contributed by atoms with Crippen LogP contribution in [0.25, 0.3) is 0 Å². The first kappa shape index (κ1) is 219.